The molecule has 0 atom stereocenters. The smallest absolute Gasteiger partial charge is 0.329 e. The van der Waals surface area contributed by atoms with Crippen LogP contribution in [-0.4, -0.2) is 43.4 Å². The Hall–Kier alpha value is -1.30. The number of carbonyl (C=O) groups excluding carboxylic acids is 1. The summed E-state index contributed by atoms with van der Waals surface area (Å²) < 4.78 is 4.79. The van der Waals surface area contributed by atoms with E-state index in [9.17, 15) is 9.59 Å². The molecule has 0 aromatic carbocycles. The van der Waals surface area contributed by atoms with Crippen LogP contribution in [0.1, 0.15) is 32.1 Å². The van der Waals surface area contributed by atoms with E-state index in [1.165, 1.54) is 25.7 Å². The molecule has 3 N–H and O–H groups in total. The molecule has 1 aliphatic rings. The van der Waals surface area contributed by atoms with Crippen LogP contribution in [0.3, 0.4) is 0 Å². The van der Waals surface area contributed by atoms with Crippen molar-refractivity contribution >= 4 is 12.0 Å². The molecule has 0 unspecified atom stereocenters. The highest BCUT2D eigenvalue weighted by Crippen LogP contribution is 2.26. The summed E-state index contributed by atoms with van der Waals surface area (Å²) in [4.78, 5) is 21.5. The van der Waals surface area contributed by atoms with Gasteiger partial charge in [0.1, 0.15) is 6.61 Å². The van der Waals surface area contributed by atoms with Crippen molar-refractivity contribution in [2.24, 2.45) is 5.92 Å². The summed E-state index contributed by atoms with van der Waals surface area (Å²) in [5.41, 5.74) is 0. The molecule has 0 aromatic rings. The Morgan fingerprint density at radius 1 is 1.17 bits per heavy atom. The molecule has 1 fully saturated rings. The van der Waals surface area contributed by atoms with Gasteiger partial charge in [0.15, 0.2) is 0 Å². The van der Waals surface area contributed by atoms with Gasteiger partial charge in [-0.15, -0.1) is 0 Å². The lowest BCUT2D eigenvalue weighted by atomic mass is 10.0. The number of nitrogens with one attached hydrogen (secondary N) is 2. The highest BCUT2D eigenvalue weighted by atomic mass is 16.5. The van der Waals surface area contributed by atoms with Crippen molar-refractivity contribution in [2.45, 2.75) is 32.1 Å². The van der Waals surface area contributed by atoms with Gasteiger partial charge < -0.3 is 20.5 Å². The van der Waals surface area contributed by atoms with E-state index in [1.54, 1.807) is 0 Å². The monoisotopic (exact) mass is 258 g/mol. The maximum atomic E-state index is 11.3. The first kappa shape index (κ1) is 14.8. The Morgan fingerprint density at radius 2 is 1.83 bits per heavy atom. The Kier molecular flexibility index (Phi) is 7.17. The fourth-order valence-corrected chi connectivity index (χ4v) is 2.15. The fraction of sp³-hybridized carbons (Fsp3) is 0.833. The summed E-state index contributed by atoms with van der Waals surface area (Å²) in [6.07, 6.45) is 6.25. The molecule has 1 rings (SSSR count). The van der Waals surface area contributed by atoms with Crippen molar-refractivity contribution in [2.75, 3.05) is 26.3 Å². The molecule has 0 heterocycles. The lowest BCUT2D eigenvalue weighted by molar-refractivity contribution is -0.142. The predicted octanol–water partition coefficient (Wildman–Crippen LogP) is 0.967. The van der Waals surface area contributed by atoms with Gasteiger partial charge in [-0.3, -0.25) is 0 Å². The maximum Gasteiger partial charge on any atom is 0.329 e. The topological polar surface area (TPSA) is 87.7 Å². The number of ether oxygens (including phenoxy) is 1. The molecule has 18 heavy (non-hydrogen) atoms. The van der Waals surface area contributed by atoms with Crippen LogP contribution in [0.2, 0.25) is 0 Å². The zero-order chi connectivity index (χ0) is 13.2. The summed E-state index contributed by atoms with van der Waals surface area (Å²) in [5.74, 6) is -0.236. The summed E-state index contributed by atoms with van der Waals surface area (Å²) in [7, 11) is 0. The number of amides is 2. The van der Waals surface area contributed by atoms with Gasteiger partial charge >= 0.3 is 12.0 Å². The molecule has 0 aromatic heterocycles. The minimum absolute atomic E-state index is 0.211. The van der Waals surface area contributed by atoms with E-state index < -0.39 is 5.97 Å². The minimum Gasteiger partial charge on any atom is -0.480 e. The standard InChI is InChI=1S/C12H22N2O4/c15-11(16)9-18-8-7-14-12(17)13-6-5-10-3-1-2-4-10/h10H,1-9H2,(H,15,16)(H2,13,14,17). The molecule has 0 spiro atoms. The first-order chi connectivity index (χ1) is 8.68. The van der Waals surface area contributed by atoms with Crippen molar-refractivity contribution in [3.8, 4) is 0 Å². The first-order valence-electron chi connectivity index (χ1n) is 6.49. The van der Waals surface area contributed by atoms with Gasteiger partial charge in [-0.2, -0.15) is 0 Å². The normalized spacial score (nSPS) is 15.6. The molecule has 1 aliphatic carbocycles. The number of carbonyl (C=O) groups is 2. The molecule has 2 amide bonds. The van der Waals surface area contributed by atoms with Crippen molar-refractivity contribution in [3.05, 3.63) is 0 Å². The van der Waals surface area contributed by atoms with E-state index in [2.05, 4.69) is 10.6 Å². The summed E-state index contributed by atoms with van der Waals surface area (Å²) in [5, 5.41) is 13.7. The van der Waals surface area contributed by atoms with E-state index >= 15 is 0 Å². The fourth-order valence-electron chi connectivity index (χ4n) is 2.15. The Balaban J connectivity index is 1.88. The number of rotatable bonds is 8. The zero-order valence-electron chi connectivity index (χ0n) is 10.6. The number of carboxylic acid groups (broad SMARTS) is 1. The van der Waals surface area contributed by atoms with Gasteiger partial charge in [0, 0.05) is 13.1 Å². The molecule has 104 valence electrons. The van der Waals surface area contributed by atoms with Crippen LogP contribution in [0.15, 0.2) is 0 Å². The van der Waals surface area contributed by atoms with E-state index in [1.807, 2.05) is 0 Å². The molecular formula is C12H22N2O4. The largest absolute Gasteiger partial charge is 0.480 e. The van der Waals surface area contributed by atoms with Gasteiger partial charge in [0.25, 0.3) is 0 Å². The summed E-state index contributed by atoms with van der Waals surface area (Å²) >= 11 is 0. The van der Waals surface area contributed by atoms with Gasteiger partial charge in [-0.25, -0.2) is 9.59 Å². The van der Waals surface area contributed by atoms with Gasteiger partial charge in [-0.1, -0.05) is 25.7 Å². The van der Waals surface area contributed by atoms with Gasteiger partial charge in [0.05, 0.1) is 6.61 Å². The van der Waals surface area contributed by atoms with E-state index in [4.69, 9.17) is 9.84 Å². The molecule has 0 bridgehead atoms. The second-order valence-electron chi connectivity index (χ2n) is 4.57. The van der Waals surface area contributed by atoms with E-state index in [-0.39, 0.29) is 19.2 Å². The first-order valence-corrected chi connectivity index (χ1v) is 6.49. The van der Waals surface area contributed by atoms with Crippen molar-refractivity contribution in [1.29, 1.82) is 0 Å². The summed E-state index contributed by atoms with van der Waals surface area (Å²) in [6, 6.07) is -0.216. The minimum atomic E-state index is -1.00. The third-order valence-corrected chi connectivity index (χ3v) is 3.07. The number of hydrogen-bond donors (Lipinski definition) is 3. The average molecular weight is 258 g/mol. The Bertz CT molecular complexity index is 265. The highest BCUT2D eigenvalue weighted by molar-refractivity contribution is 5.73. The average Bonchev–Trinajstić information content (AvgIpc) is 2.81. The van der Waals surface area contributed by atoms with Crippen molar-refractivity contribution in [1.82, 2.24) is 10.6 Å². The second kappa shape index (κ2) is 8.74. The molecule has 6 heteroatoms. The Labute approximate surface area is 107 Å². The maximum absolute atomic E-state index is 11.3. The third-order valence-electron chi connectivity index (χ3n) is 3.07. The number of aliphatic carboxylic acids is 1. The number of hydrogen-bond acceptors (Lipinski definition) is 3. The highest BCUT2D eigenvalue weighted by Gasteiger charge is 2.14. The van der Waals surface area contributed by atoms with Crippen LogP contribution in [0, 0.1) is 5.92 Å². The van der Waals surface area contributed by atoms with Gasteiger partial charge in [-0.05, 0) is 12.3 Å². The SMILES string of the molecule is O=C(O)COCCNC(=O)NCCC1CCCC1. The van der Waals surface area contributed by atoms with Crippen LogP contribution in [-0.2, 0) is 9.53 Å². The molecule has 0 radical (unpaired) electrons. The summed E-state index contributed by atoms with van der Waals surface area (Å²) in [6.45, 7) is 0.905. The predicted molar refractivity (Wildman–Crippen MR) is 66.4 cm³/mol. The lowest BCUT2D eigenvalue weighted by Crippen LogP contribution is -2.38. The van der Waals surface area contributed by atoms with Gasteiger partial charge in [0.2, 0.25) is 0 Å². The quantitative estimate of drug-likeness (QED) is 0.566. The Morgan fingerprint density at radius 3 is 2.50 bits per heavy atom. The second-order valence-corrected chi connectivity index (χ2v) is 4.57. The van der Waals surface area contributed by atoms with Crippen molar-refractivity contribution < 1.29 is 19.4 Å². The molecule has 1 saturated carbocycles. The van der Waals surface area contributed by atoms with Crippen LogP contribution in [0.5, 0.6) is 0 Å². The zero-order valence-corrected chi connectivity index (χ0v) is 10.6. The van der Waals surface area contributed by atoms with Crippen LogP contribution in [0.4, 0.5) is 4.79 Å². The lowest BCUT2D eigenvalue weighted by Gasteiger charge is -2.10. The number of carboxylic acids is 1. The van der Waals surface area contributed by atoms with Crippen molar-refractivity contribution in [3.63, 3.8) is 0 Å². The molecule has 6 nitrogen and oxygen atoms in total. The molecule has 0 aliphatic heterocycles. The van der Waals surface area contributed by atoms with Crippen LogP contribution >= 0.6 is 0 Å². The third kappa shape index (κ3) is 7.11. The van der Waals surface area contributed by atoms with E-state index in [0.717, 1.165) is 12.3 Å². The van der Waals surface area contributed by atoms with Crippen LogP contribution in [0.25, 0.3) is 0 Å². The van der Waals surface area contributed by atoms with Crippen LogP contribution < -0.4 is 10.6 Å². The molecule has 0 saturated heterocycles. The number of urea groups is 1. The molecular weight excluding hydrogens is 236 g/mol. The van der Waals surface area contributed by atoms with E-state index in [0.29, 0.717) is 13.1 Å².